The van der Waals surface area contributed by atoms with E-state index in [0.717, 1.165) is 18.8 Å². The van der Waals surface area contributed by atoms with Crippen molar-refractivity contribution in [3.05, 3.63) is 24.3 Å². The number of hydrogen-bond donors (Lipinski definition) is 1. The molecule has 1 aliphatic rings. The third-order valence-corrected chi connectivity index (χ3v) is 4.37. The van der Waals surface area contributed by atoms with E-state index in [-0.39, 0.29) is 5.54 Å². The number of hydrogen-bond acceptors (Lipinski definition) is 3. The molecule has 1 aromatic rings. The number of ether oxygens (including phenoxy) is 1. The number of anilines is 1. The van der Waals surface area contributed by atoms with E-state index in [2.05, 4.69) is 43.0 Å². The van der Waals surface area contributed by atoms with Gasteiger partial charge in [0.25, 0.3) is 0 Å². The maximum absolute atomic E-state index is 5.94. The minimum absolute atomic E-state index is 0.125. The number of rotatable bonds is 4. The van der Waals surface area contributed by atoms with Gasteiger partial charge in [-0.1, -0.05) is 0 Å². The first kappa shape index (κ1) is 14.2. The van der Waals surface area contributed by atoms with Gasteiger partial charge in [0.2, 0.25) is 0 Å². The van der Waals surface area contributed by atoms with Gasteiger partial charge in [0.05, 0.1) is 6.61 Å². The van der Waals surface area contributed by atoms with Crippen LogP contribution in [0.2, 0.25) is 0 Å². The lowest BCUT2D eigenvalue weighted by Crippen LogP contribution is -2.55. The zero-order valence-electron chi connectivity index (χ0n) is 12.4. The molecule has 0 saturated carbocycles. The van der Waals surface area contributed by atoms with Crippen LogP contribution in [0.15, 0.2) is 24.3 Å². The van der Waals surface area contributed by atoms with E-state index in [1.54, 1.807) is 0 Å². The molecule has 19 heavy (non-hydrogen) atoms. The Morgan fingerprint density at radius 3 is 2.58 bits per heavy atom. The topological polar surface area (TPSA) is 38.5 Å². The van der Waals surface area contributed by atoms with Crippen LogP contribution in [0.1, 0.15) is 33.6 Å². The summed E-state index contributed by atoms with van der Waals surface area (Å²) in [6.07, 6.45) is 2.45. The van der Waals surface area contributed by atoms with Crippen LogP contribution in [0.4, 0.5) is 5.69 Å². The Bertz CT molecular complexity index is 400. The van der Waals surface area contributed by atoms with Gasteiger partial charge in [-0.05, 0) is 70.3 Å². The molecule has 3 nitrogen and oxygen atoms in total. The van der Waals surface area contributed by atoms with Gasteiger partial charge in [0.1, 0.15) is 5.75 Å². The monoisotopic (exact) mass is 262 g/mol. The second-order valence-electron chi connectivity index (χ2n) is 5.81. The summed E-state index contributed by atoms with van der Waals surface area (Å²) in [6.45, 7) is 9.20. The van der Waals surface area contributed by atoms with Gasteiger partial charge in [0.15, 0.2) is 0 Å². The summed E-state index contributed by atoms with van der Waals surface area (Å²) in [4.78, 5) is 2.49. The Labute approximate surface area is 116 Å². The maximum Gasteiger partial charge on any atom is 0.119 e. The van der Waals surface area contributed by atoms with Gasteiger partial charge >= 0.3 is 0 Å². The number of nitrogens with zero attached hydrogens (tertiary/aromatic N) is 1. The zero-order valence-corrected chi connectivity index (χ0v) is 12.4. The van der Waals surface area contributed by atoms with Gasteiger partial charge in [0, 0.05) is 17.8 Å². The summed E-state index contributed by atoms with van der Waals surface area (Å²) in [5.41, 5.74) is 7.33. The van der Waals surface area contributed by atoms with E-state index in [4.69, 9.17) is 10.5 Å². The fourth-order valence-electron chi connectivity index (χ4n) is 3.11. The molecule has 1 atom stereocenters. The maximum atomic E-state index is 5.94. The van der Waals surface area contributed by atoms with Crippen LogP contribution in [-0.4, -0.2) is 25.2 Å². The largest absolute Gasteiger partial charge is 0.494 e. The SMILES string of the molecule is CCOc1ccc(N2CCCC(CN)C2(C)C)cc1. The number of benzene rings is 1. The minimum atomic E-state index is 0.125. The van der Waals surface area contributed by atoms with Crippen molar-refractivity contribution in [1.29, 1.82) is 0 Å². The molecule has 2 rings (SSSR count). The summed E-state index contributed by atoms with van der Waals surface area (Å²) < 4.78 is 5.50. The predicted molar refractivity (Wildman–Crippen MR) is 80.8 cm³/mol. The highest BCUT2D eigenvalue weighted by molar-refractivity contribution is 5.51. The minimum Gasteiger partial charge on any atom is -0.494 e. The summed E-state index contributed by atoms with van der Waals surface area (Å²) >= 11 is 0. The van der Waals surface area contributed by atoms with Crippen LogP contribution in [0.25, 0.3) is 0 Å². The van der Waals surface area contributed by atoms with Crippen molar-refractivity contribution in [1.82, 2.24) is 0 Å². The Morgan fingerprint density at radius 1 is 1.32 bits per heavy atom. The lowest BCUT2D eigenvalue weighted by atomic mass is 9.79. The van der Waals surface area contributed by atoms with Gasteiger partial charge in [-0.3, -0.25) is 0 Å². The molecule has 1 unspecified atom stereocenters. The molecule has 0 aliphatic carbocycles. The van der Waals surface area contributed by atoms with Crippen molar-refractivity contribution in [2.75, 3.05) is 24.6 Å². The van der Waals surface area contributed by atoms with Crippen molar-refractivity contribution in [3.8, 4) is 5.75 Å². The lowest BCUT2D eigenvalue weighted by Gasteiger charge is -2.49. The summed E-state index contributed by atoms with van der Waals surface area (Å²) in [6, 6.07) is 8.43. The average molecular weight is 262 g/mol. The molecule has 1 saturated heterocycles. The molecule has 1 fully saturated rings. The van der Waals surface area contributed by atoms with Crippen LogP contribution >= 0.6 is 0 Å². The van der Waals surface area contributed by atoms with E-state index in [1.807, 2.05) is 6.92 Å². The van der Waals surface area contributed by atoms with Gasteiger partial charge in [-0.15, -0.1) is 0 Å². The first-order valence-corrected chi connectivity index (χ1v) is 7.30. The first-order chi connectivity index (χ1) is 9.09. The molecule has 0 bridgehead atoms. The standard InChI is InChI=1S/C16H26N2O/c1-4-19-15-9-7-14(8-10-15)18-11-5-6-13(12-17)16(18,2)3/h7-10,13H,4-6,11-12,17H2,1-3H3. The van der Waals surface area contributed by atoms with Crippen LogP contribution in [0.5, 0.6) is 5.75 Å². The molecular weight excluding hydrogens is 236 g/mol. The highest BCUT2D eigenvalue weighted by Crippen LogP contribution is 2.36. The van der Waals surface area contributed by atoms with E-state index >= 15 is 0 Å². The second-order valence-corrected chi connectivity index (χ2v) is 5.81. The Hall–Kier alpha value is -1.22. The average Bonchev–Trinajstić information content (AvgIpc) is 2.40. The van der Waals surface area contributed by atoms with Crippen molar-refractivity contribution < 1.29 is 4.74 Å². The fourth-order valence-corrected chi connectivity index (χ4v) is 3.11. The highest BCUT2D eigenvalue weighted by atomic mass is 16.5. The summed E-state index contributed by atoms with van der Waals surface area (Å²) in [7, 11) is 0. The molecule has 106 valence electrons. The smallest absolute Gasteiger partial charge is 0.119 e. The van der Waals surface area contributed by atoms with E-state index < -0.39 is 0 Å². The quantitative estimate of drug-likeness (QED) is 0.906. The molecular formula is C16H26N2O. The van der Waals surface area contributed by atoms with Gasteiger partial charge < -0.3 is 15.4 Å². The predicted octanol–water partition coefficient (Wildman–Crippen LogP) is 3.04. The highest BCUT2D eigenvalue weighted by Gasteiger charge is 2.37. The third-order valence-electron chi connectivity index (χ3n) is 4.37. The van der Waals surface area contributed by atoms with E-state index in [9.17, 15) is 0 Å². The second kappa shape index (κ2) is 5.83. The number of piperidine rings is 1. The van der Waals surface area contributed by atoms with Crippen molar-refractivity contribution in [3.63, 3.8) is 0 Å². The number of nitrogens with two attached hydrogens (primary N) is 1. The van der Waals surface area contributed by atoms with Crippen LogP contribution < -0.4 is 15.4 Å². The zero-order chi connectivity index (χ0) is 13.9. The fraction of sp³-hybridized carbons (Fsp3) is 0.625. The Morgan fingerprint density at radius 2 is 2.00 bits per heavy atom. The van der Waals surface area contributed by atoms with Crippen molar-refractivity contribution >= 4 is 5.69 Å². The molecule has 3 heteroatoms. The van der Waals surface area contributed by atoms with E-state index in [1.165, 1.54) is 18.5 Å². The Balaban J connectivity index is 2.19. The van der Waals surface area contributed by atoms with Crippen molar-refractivity contribution in [2.24, 2.45) is 11.7 Å². The normalized spacial score (nSPS) is 22.3. The van der Waals surface area contributed by atoms with Crippen LogP contribution in [0.3, 0.4) is 0 Å². The van der Waals surface area contributed by atoms with Gasteiger partial charge in [-0.2, -0.15) is 0 Å². The van der Waals surface area contributed by atoms with Crippen LogP contribution in [-0.2, 0) is 0 Å². The molecule has 1 aliphatic heterocycles. The molecule has 0 radical (unpaired) electrons. The first-order valence-electron chi connectivity index (χ1n) is 7.30. The van der Waals surface area contributed by atoms with Crippen LogP contribution in [0, 0.1) is 5.92 Å². The Kier molecular flexibility index (Phi) is 4.35. The molecule has 0 aromatic heterocycles. The lowest BCUT2D eigenvalue weighted by molar-refractivity contribution is 0.244. The molecule has 2 N–H and O–H groups in total. The van der Waals surface area contributed by atoms with E-state index in [0.29, 0.717) is 12.5 Å². The van der Waals surface area contributed by atoms with Crippen molar-refractivity contribution in [2.45, 2.75) is 39.2 Å². The third kappa shape index (κ3) is 2.86. The molecule has 0 spiro atoms. The summed E-state index contributed by atoms with van der Waals surface area (Å²) in [5.74, 6) is 1.50. The van der Waals surface area contributed by atoms with Gasteiger partial charge in [-0.25, -0.2) is 0 Å². The summed E-state index contributed by atoms with van der Waals surface area (Å²) in [5, 5.41) is 0. The molecule has 1 aromatic carbocycles. The molecule has 0 amide bonds. The molecule has 1 heterocycles.